The van der Waals surface area contributed by atoms with Gasteiger partial charge in [-0.15, -0.1) is 11.3 Å². The molecule has 1 aromatic carbocycles. The molecule has 0 atom stereocenters. The van der Waals surface area contributed by atoms with Gasteiger partial charge in [0.1, 0.15) is 5.69 Å². The van der Waals surface area contributed by atoms with Gasteiger partial charge in [-0.3, -0.25) is 9.78 Å². The van der Waals surface area contributed by atoms with Gasteiger partial charge in [-0.1, -0.05) is 29.8 Å². The monoisotopic (exact) mass is 329 g/mol. The van der Waals surface area contributed by atoms with Crippen molar-refractivity contribution in [2.75, 3.05) is 5.32 Å². The van der Waals surface area contributed by atoms with Crippen LogP contribution in [0.4, 0.5) is 5.69 Å². The maximum atomic E-state index is 12.5. The molecular formula is C16H12ClN3OS. The Morgan fingerprint density at radius 2 is 2.05 bits per heavy atom. The van der Waals surface area contributed by atoms with Gasteiger partial charge in [-0.05, 0) is 25.1 Å². The van der Waals surface area contributed by atoms with Gasteiger partial charge in [0.25, 0.3) is 5.91 Å². The summed E-state index contributed by atoms with van der Waals surface area (Å²) in [7, 11) is 0. The third kappa shape index (κ3) is 3.00. The van der Waals surface area contributed by atoms with E-state index in [-0.39, 0.29) is 5.91 Å². The van der Waals surface area contributed by atoms with Gasteiger partial charge in [-0.2, -0.15) is 0 Å². The van der Waals surface area contributed by atoms with Crippen LogP contribution in [-0.2, 0) is 0 Å². The van der Waals surface area contributed by atoms with Crippen LogP contribution in [0.2, 0.25) is 5.02 Å². The molecule has 0 fully saturated rings. The Labute approximate surface area is 136 Å². The number of amides is 1. The number of benzene rings is 1. The maximum Gasteiger partial charge on any atom is 0.275 e. The number of carbonyl (C=O) groups excluding carboxylic acids is 1. The molecule has 0 bridgehead atoms. The molecule has 3 rings (SSSR count). The first-order chi connectivity index (χ1) is 10.6. The molecule has 110 valence electrons. The lowest BCUT2D eigenvalue weighted by molar-refractivity contribution is 0.102. The van der Waals surface area contributed by atoms with Crippen LogP contribution in [0.3, 0.4) is 0 Å². The highest BCUT2D eigenvalue weighted by Gasteiger charge is 2.20. The van der Waals surface area contributed by atoms with E-state index in [0.29, 0.717) is 16.4 Å². The molecular weight excluding hydrogens is 318 g/mol. The minimum absolute atomic E-state index is 0.271. The fourth-order valence-corrected chi connectivity index (χ4v) is 3.28. The van der Waals surface area contributed by atoms with Gasteiger partial charge in [0, 0.05) is 16.8 Å². The summed E-state index contributed by atoms with van der Waals surface area (Å²) in [4.78, 5) is 21.6. The van der Waals surface area contributed by atoms with E-state index in [1.54, 1.807) is 30.6 Å². The lowest BCUT2D eigenvalue weighted by Crippen LogP contribution is -2.13. The van der Waals surface area contributed by atoms with Crippen molar-refractivity contribution >= 4 is 34.5 Å². The molecule has 1 amide bonds. The number of nitrogens with one attached hydrogen (secondary N) is 1. The number of aromatic nitrogens is 2. The molecule has 6 heteroatoms. The average Bonchev–Trinajstić information content (AvgIpc) is 2.90. The fraction of sp³-hybridized carbons (Fsp3) is 0.0625. The van der Waals surface area contributed by atoms with Crippen molar-refractivity contribution in [2.45, 2.75) is 6.92 Å². The second-order valence-electron chi connectivity index (χ2n) is 4.59. The van der Waals surface area contributed by atoms with E-state index in [4.69, 9.17) is 11.6 Å². The molecule has 0 aliphatic rings. The van der Waals surface area contributed by atoms with E-state index < -0.39 is 0 Å². The van der Waals surface area contributed by atoms with Gasteiger partial charge in [0.2, 0.25) is 0 Å². The van der Waals surface area contributed by atoms with Gasteiger partial charge in [0.05, 0.1) is 21.8 Å². The number of thiazole rings is 1. The zero-order chi connectivity index (χ0) is 15.5. The zero-order valence-electron chi connectivity index (χ0n) is 11.7. The maximum absolute atomic E-state index is 12.5. The van der Waals surface area contributed by atoms with Crippen molar-refractivity contribution in [3.05, 3.63) is 64.5 Å². The Morgan fingerprint density at radius 1 is 1.23 bits per heavy atom. The molecule has 22 heavy (non-hydrogen) atoms. The summed E-state index contributed by atoms with van der Waals surface area (Å²) in [6, 6.07) is 11.0. The second kappa shape index (κ2) is 6.25. The molecule has 2 aromatic heterocycles. The molecule has 0 aliphatic carbocycles. The van der Waals surface area contributed by atoms with Crippen LogP contribution in [0.15, 0.2) is 48.8 Å². The normalized spacial score (nSPS) is 10.5. The third-order valence-electron chi connectivity index (χ3n) is 2.99. The van der Waals surface area contributed by atoms with Crippen LogP contribution in [0.1, 0.15) is 15.5 Å². The molecule has 1 N–H and O–H groups in total. The van der Waals surface area contributed by atoms with Crippen LogP contribution in [0.5, 0.6) is 0 Å². The fourth-order valence-electron chi connectivity index (χ4n) is 2.04. The Kier molecular flexibility index (Phi) is 4.18. The smallest absolute Gasteiger partial charge is 0.275 e. The number of hydrogen-bond acceptors (Lipinski definition) is 4. The quantitative estimate of drug-likeness (QED) is 0.774. The second-order valence-corrected chi connectivity index (χ2v) is 6.20. The van der Waals surface area contributed by atoms with Crippen LogP contribution >= 0.6 is 22.9 Å². The van der Waals surface area contributed by atoms with E-state index in [1.165, 1.54) is 11.3 Å². The minimum atomic E-state index is -0.271. The number of nitrogens with zero attached hydrogens (tertiary/aromatic N) is 2. The highest BCUT2D eigenvalue weighted by Crippen LogP contribution is 2.35. The Balaban J connectivity index is 1.98. The number of hydrogen-bond donors (Lipinski definition) is 1. The standard InChI is InChI=1S/C16H12ClN3OS/c1-10-19-14(16(21)20-11-5-4-8-18-9-11)15(22-10)12-6-2-3-7-13(12)17/h2-9H,1H3,(H,20,21). The number of rotatable bonds is 3. The summed E-state index contributed by atoms with van der Waals surface area (Å²) >= 11 is 7.69. The topological polar surface area (TPSA) is 54.9 Å². The Bertz CT molecular complexity index is 817. The van der Waals surface area contributed by atoms with Crippen molar-refractivity contribution in [2.24, 2.45) is 0 Å². The lowest BCUT2D eigenvalue weighted by atomic mass is 10.1. The first kappa shape index (κ1) is 14.7. The van der Waals surface area contributed by atoms with Crippen LogP contribution in [-0.4, -0.2) is 15.9 Å². The Morgan fingerprint density at radius 3 is 2.77 bits per heavy atom. The van der Waals surface area contributed by atoms with Crippen molar-refractivity contribution in [1.82, 2.24) is 9.97 Å². The predicted molar refractivity (Wildman–Crippen MR) is 89.5 cm³/mol. The van der Waals surface area contributed by atoms with E-state index in [0.717, 1.165) is 15.4 Å². The van der Waals surface area contributed by atoms with Gasteiger partial charge >= 0.3 is 0 Å². The molecule has 2 heterocycles. The van der Waals surface area contributed by atoms with Crippen molar-refractivity contribution in [3.8, 4) is 10.4 Å². The highest BCUT2D eigenvalue weighted by molar-refractivity contribution is 7.15. The summed E-state index contributed by atoms with van der Waals surface area (Å²) < 4.78 is 0. The van der Waals surface area contributed by atoms with E-state index in [9.17, 15) is 4.79 Å². The van der Waals surface area contributed by atoms with Gasteiger partial charge in [-0.25, -0.2) is 4.98 Å². The molecule has 0 saturated heterocycles. The zero-order valence-corrected chi connectivity index (χ0v) is 13.3. The van der Waals surface area contributed by atoms with E-state index in [1.807, 2.05) is 25.1 Å². The predicted octanol–water partition coefficient (Wildman–Crippen LogP) is 4.42. The first-order valence-corrected chi connectivity index (χ1v) is 7.78. The molecule has 4 nitrogen and oxygen atoms in total. The number of anilines is 1. The van der Waals surface area contributed by atoms with E-state index >= 15 is 0 Å². The van der Waals surface area contributed by atoms with Crippen LogP contribution in [0, 0.1) is 6.92 Å². The number of halogens is 1. The molecule has 0 radical (unpaired) electrons. The molecule has 3 aromatic rings. The summed E-state index contributed by atoms with van der Waals surface area (Å²) in [6.45, 7) is 1.87. The number of aryl methyl sites for hydroxylation is 1. The molecule has 0 unspecified atom stereocenters. The lowest BCUT2D eigenvalue weighted by Gasteiger charge is -2.06. The third-order valence-corrected chi connectivity index (χ3v) is 4.32. The molecule has 0 saturated carbocycles. The summed E-state index contributed by atoms with van der Waals surface area (Å²) in [5.41, 5.74) is 1.81. The van der Waals surface area contributed by atoms with Crippen LogP contribution < -0.4 is 5.32 Å². The largest absolute Gasteiger partial charge is 0.319 e. The van der Waals surface area contributed by atoms with Crippen molar-refractivity contribution < 1.29 is 4.79 Å². The number of carbonyl (C=O) groups is 1. The highest BCUT2D eigenvalue weighted by atomic mass is 35.5. The summed E-state index contributed by atoms with van der Waals surface area (Å²) in [6.07, 6.45) is 3.24. The van der Waals surface area contributed by atoms with Crippen molar-refractivity contribution in [1.29, 1.82) is 0 Å². The molecule has 0 spiro atoms. The summed E-state index contributed by atoms with van der Waals surface area (Å²) in [5.74, 6) is -0.271. The number of pyridine rings is 1. The SMILES string of the molecule is Cc1nc(C(=O)Nc2cccnc2)c(-c2ccccc2Cl)s1. The molecule has 0 aliphatic heterocycles. The minimum Gasteiger partial charge on any atom is -0.319 e. The van der Waals surface area contributed by atoms with Crippen molar-refractivity contribution in [3.63, 3.8) is 0 Å². The van der Waals surface area contributed by atoms with E-state index in [2.05, 4.69) is 15.3 Å². The Hall–Kier alpha value is -2.24. The average molecular weight is 330 g/mol. The van der Waals surface area contributed by atoms with Crippen LogP contribution in [0.25, 0.3) is 10.4 Å². The first-order valence-electron chi connectivity index (χ1n) is 6.59. The van der Waals surface area contributed by atoms with Gasteiger partial charge < -0.3 is 5.32 Å². The van der Waals surface area contributed by atoms with Gasteiger partial charge in [0.15, 0.2) is 0 Å². The summed E-state index contributed by atoms with van der Waals surface area (Å²) in [5, 5.41) is 4.21.